The van der Waals surface area contributed by atoms with Crippen molar-refractivity contribution in [3.63, 3.8) is 0 Å². The largest absolute Gasteiger partial charge is 0.372 e. The summed E-state index contributed by atoms with van der Waals surface area (Å²) in [5.74, 6) is 0. The van der Waals surface area contributed by atoms with Gasteiger partial charge in [-0.2, -0.15) is 0 Å². The van der Waals surface area contributed by atoms with Crippen molar-refractivity contribution in [1.29, 1.82) is 0 Å². The van der Waals surface area contributed by atoms with E-state index in [0.717, 1.165) is 0 Å². The standard InChI is InChI=1S/C8H14O2/c1-3-8-4-7(9-5-8)6(2)10-8/h6-7H,3-5H2,1-2H3/t6-,7-,8-/m0/s1/i3T,4T/t3-,4+,6-,7-,8-. The van der Waals surface area contributed by atoms with Crippen LogP contribution in [0.25, 0.3) is 0 Å². The van der Waals surface area contributed by atoms with Gasteiger partial charge in [0.25, 0.3) is 0 Å². The first-order valence-corrected chi connectivity index (χ1v) is 3.72. The maximum absolute atomic E-state index is 7.85. The quantitative estimate of drug-likeness (QED) is 0.556. The highest BCUT2D eigenvalue weighted by atomic mass is 16.6. The SMILES string of the molecule is [3H][C@@H]1[C@@H]2OC[C@@]1([C@@H]([3H])C)O[C@H]2C. The Morgan fingerprint density at radius 3 is 3.00 bits per heavy atom. The molecule has 0 spiro atoms. The van der Waals surface area contributed by atoms with E-state index in [0.29, 0.717) is 6.61 Å². The Kier molecular flexibility index (Phi) is 0.924. The molecule has 2 fully saturated rings. The molecular formula is C8H14O2. The number of rotatable bonds is 1. The van der Waals surface area contributed by atoms with Crippen LogP contribution in [0.15, 0.2) is 0 Å². The average molecular weight is 146 g/mol. The lowest BCUT2D eigenvalue weighted by molar-refractivity contribution is -0.135. The zero-order valence-corrected chi connectivity index (χ0v) is 6.33. The lowest BCUT2D eigenvalue weighted by atomic mass is 10.00. The highest BCUT2D eigenvalue weighted by Gasteiger charge is 2.50. The van der Waals surface area contributed by atoms with Gasteiger partial charge in [-0.1, -0.05) is 6.92 Å². The molecule has 58 valence electrons. The summed E-state index contributed by atoms with van der Waals surface area (Å²) in [5, 5.41) is 0. The fraction of sp³-hybridized carbons (Fsp3) is 1.00. The van der Waals surface area contributed by atoms with Gasteiger partial charge in [0.2, 0.25) is 0 Å². The minimum atomic E-state index is -0.649. The normalized spacial score (nSPS) is 65.6. The van der Waals surface area contributed by atoms with Crippen molar-refractivity contribution in [1.82, 2.24) is 0 Å². The molecule has 0 aromatic rings. The maximum atomic E-state index is 7.85. The molecule has 0 aromatic carbocycles. The van der Waals surface area contributed by atoms with Gasteiger partial charge in [-0.05, 0) is 13.3 Å². The molecule has 0 aliphatic carbocycles. The van der Waals surface area contributed by atoms with Gasteiger partial charge in [0, 0.05) is 9.14 Å². The summed E-state index contributed by atoms with van der Waals surface area (Å²) in [7, 11) is 0. The minimum absolute atomic E-state index is 0.0194. The first-order chi connectivity index (χ1) is 5.58. The van der Waals surface area contributed by atoms with Crippen molar-refractivity contribution in [3.8, 4) is 0 Å². The van der Waals surface area contributed by atoms with Crippen molar-refractivity contribution >= 4 is 0 Å². The van der Waals surface area contributed by atoms with Crippen molar-refractivity contribution in [2.45, 2.75) is 44.5 Å². The molecule has 2 aliphatic rings. The summed E-state index contributed by atoms with van der Waals surface area (Å²) < 4.78 is 26.5. The van der Waals surface area contributed by atoms with E-state index < -0.39 is 5.60 Å². The molecule has 2 saturated heterocycles. The molecule has 10 heavy (non-hydrogen) atoms. The molecule has 2 heteroatoms. The summed E-state index contributed by atoms with van der Waals surface area (Å²) in [6.07, 6.45) is -0.887. The number of fused-ring (bicyclic) bond motifs is 2. The van der Waals surface area contributed by atoms with E-state index >= 15 is 0 Å². The van der Waals surface area contributed by atoms with Crippen LogP contribution in [-0.4, -0.2) is 24.4 Å². The molecule has 0 amide bonds. The van der Waals surface area contributed by atoms with Crippen LogP contribution >= 0.6 is 0 Å². The minimum Gasteiger partial charge on any atom is -0.372 e. The Bertz CT molecular complexity index is 197. The molecule has 2 rings (SSSR count). The summed E-state index contributed by atoms with van der Waals surface area (Å²) >= 11 is 0. The topological polar surface area (TPSA) is 18.5 Å². The van der Waals surface area contributed by atoms with Gasteiger partial charge >= 0.3 is 0 Å². The Labute approximate surface area is 64.3 Å². The number of hydrogen-bond donors (Lipinski definition) is 0. The number of hydrogen-bond acceptors (Lipinski definition) is 2. The highest BCUT2D eigenvalue weighted by molar-refractivity contribution is 4.98. The van der Waals surface area contributed by atoms with Crippen LogP contribution in [0.4, 0.5) is 0 Å². The zero-order valence-electron chi connectivity index (χ0n) is 8.33. The Morgan fingerprint density at radius 2 is 2.70 bits per heavy atom. The van der Waals surface area contributed by atoms with Gasteiger partial charge in [-0.15, -0.1) is 0 Å². The Morgan fingerprint density at radius 1 is 1.90 bits per heavy atom. The van der Waals surface area contributed by atoms with E-state index in [9.17, 15) is 0 Å². The lowest BCUT2D eigenvalue weighted by Crippen LogP contribution is -2.35. The van der Waals surface area contributed by atoms with E-state index in [1.165, 1.54) is 0 Å². The summed E-state index contributed by atoms with van der Waals surface area (Å²) in [5.41, 5.74) is -0.649. The van der Waals surface area contributed by atoms with Crippen molar-refractivity contribution in [3.05, 3.63) is 0 Å². The summed E-state index contributed by atoms with van der Waals surface area (Å²) in [4.78, 5) is 0. The van der Waals surface area contributed by atoms with Crippen molar-refractivity contribution in [2.24, 2.45) is 0 Å². The van der Waals surface area contributed by atoms with Crippen LogP contribution in [0.1, 0.15) is 29.4 Å². The zero-order chi connectivity index (χ0) is 8.93. The summed E-state index contributed by atoms with van der Waals surface area (Å²) in [6.45, 7) is 4.10. The molecular weight excluding hydrogens is 128 g/mol. The monoisotopic (exact) mass is 146 g/mol. The second-order valence-electron chi connectivity index (χ2n) is 3.01. The lowest BCUT2D eigenvalue weighted by Gasteiger charge is -2.27. The molecule has 0 unspecified atom stereocenters. The third-order valence-corrected chi connectivity index (χ3v) is 2.30. The van der Waals surface area contributed by atoms with Gasteiger partial charge in [0.15, 0.2) is 0 Å². The van der Waals surface area contributed by atoms with Crippen LogP contribution in [0.3, 0.4) is 0 Å². The smallest absolute Gasteiger partial charge is 0.0942 e. The molecule has 2 heterocycles. The maximum Gasteiger partial charge on any atom is 0.0942 e. The van der Waals surface area contributed by atoms with Gasteiger partial charge in [0.05, 0.1) is 24.4 Å². The fourth-order valence-electron chi connectivity index (χ4n) is 1.61. The molecule has 0 saturated carbocycles. The molecule has 5 atom stereocenters. The first-order valence-electron chi connectivity index (χ1n) is 4.87. The van der Waals surface area contributed by atoms with Gasteiger partial charge in [0.1, 0.15) is 0 Å². The van der Waals surface area contributed by atoms with E-state index in [2.05, 4.69) is 0 Å². The van der Waals surface area contributed by atoms with Crippen LogP contribution in [0, 0.1) is 0 Å². The van der Waals surface area contributed by atoms with Crippen molar-refractivity contribution < 1.29 is 12.2 Å². The second-order valence-corrected chi connectivity index (χ2v) is 3.01. The Balaban J connectivity index is 2.27. The van der Waals surface area contributed by atoms with Gasteiger partial charge in [-0.25, -0.2) is 0 Å². The number of ether oxygens (including phenoxy) is 2. The fourth-order valence-corrected chi connectivity index (χ4v) is 1.61. The molecule has 0 N–H and O–H groups in total. The van der Waals surface area contributed by atoms with E-state index in [1.807, 2.05) is 6.92 Å². The summed E-state index contributed by atoms with van der Waals surface area (Å²) in [6, 6.07) is 0. The van der Waals surface area contributed by atoms with E-state index in [4.69, 9.17) is 12.2 Å². The predicted octanol–water partition coefficient (Wildman–Crippen LogP) is 1.34. The molecule has 0 radical (unpaired) electrons. The molecule has 2 bridgehead atoms. The van der Waals surface area contributed by atoms with E-state index in [1.54, 1.807) is 6.92 Å². The van der Waals surface area contributed by atoms with E-state index in [-0.39, 0.29) is 25.0 Å². The molecule has 2 aliphatic heterocycles. The average Bonchev–Trinajstić information content (AvgIpc) is 2.42. The second kappa shape index (κ2) is 1.95. The highest BCUT2D eigenvalue weighted by Crippen LogP contribution is 2.41. The van der Waals surface area contributed by atoms with Crippen molar-refractivity contribution in [2.75, 3.05) is 6.61 Å². The third-order valence-electron chi connectivity index (χ3n) is 2.30. The van der Waals surface area contributed by atoms with Crippen LogP contribution < -0.4 is 0 Å². The van der Waals surface area contributed by atoms with Crippen LogP contribution in [-0.2, 0) is 9.47 Å². The van der Waals surface area contributed by atoms with Gasteiger partial charge < -0.3 is 9.47 Å². The van der Waals surface area contributed by atoms with Crippen LogP contribution in [0.2, 0.25) is 0 Å². The van der Waals surface area contributed by atoms with Gasteiger partial charge in [-0.3, -0.25) is 0 Å². The predicted molar refractivity (Wildman–Crippen MR) is 37.9 cm³/mol. The Hall–Kier alpha value is -0.0800. The molecule has 2 nitrogen and oxygen atoms in total. The first kappa shape index (κ1) is 4.73. The molecule has 0 aromatic heterocycles. The van der Waals surface area contributed by atoms with Crippen LogP contribution in [0.5, 0.6) is 0 Å². The third kappa shape index (κ3) is 0.722.